The van der Waals surface area contributed by atoms with Crippen molar-refractivity contribution in [1.82, 2.24) is 4.98 Å². The van der Waals surface area contributed by atoms with Crippen LogP contribution in [0.25, 0.3) is 11.1 Å². The number of esters is 1. The van der Waals surface area contributed by atoms with Gasteiger partial charge in [-0.2, -0.15) is 4.98 Å². The molecule has 4 rings (SSSR count). The molecule has 0 N–H and O–H groups in total. The number of piperidine rings is 1. The molecule has 5 nitrogen and oxygen atoms in total. The third kappa shape index (κ3) is 3.40. The van der Waals surface area contributed by atoms with Crippen LogP contribution in [-0.2, 0) is 4.79 Å². The fraction of sp³-hybridized carbons (Fsp3) is 0.300. The Bertz CT molecular complexity index is 912. The monoisotopic (exact) mass is 370 g/mol. The Morgan fingerprint density at radius 3 is 2.73 bits per heavy atom. The summed E-state index contributed by atoms with van der Waals surface area (Å²) in [7, 11) is 0. The first-order valence-electron chi connectivity index (χ1n) is 8.68. The molecule has 1 aromatic heterocycles. The summed E-state index contributed by atoms with van der Waals surface area (Å²) in [6.45, 7) is 3.31. The molecule has 0 unspecified atom stereocenters. The van der Waals surface area contributed by atoms with E-state index in [2.05, 4.69) is 9.88 Å². The maximum absolute atomic E-state index is 12.5. The maximum atomic E-state index is 12.5. The number of nitrogens with zero attached hydrogens (tertiary/aromatic N) is 2. The molecule has 0 saturated carbocycles. The molecule has 0 atom stereocenters. The van der Waals surface area contributed by atoms with Gasteiger partial charge in [0, 0.05) is 18.1 Å². The number of hydrogen-bond acceptors (Lipinski definition) is 5. The van der Waals surface area contributed by atoms with E-state index in [1.807, 2.05) is 31.2 Å². The van der Waals surface area contributed by atoms with Crippen LogP contribution in [0.3, 0.4) is 0 Å². The molecular weight excluding hydrogens is 352 g/mol. The Hall–Kier alpha value is -2.53. The van der Waals surface area contributed by atoms with Crippen LogP contribution in [0.15, 0.2) is 46.9 Å². The number of halogens is 1. The summed E-state index contributed by atoms with van der Waals surface area (Å²) in [6, 6.07) is 13.6. The van der Waals surface area contributed by atoms with Crippen LogP contribution in [0, 0.1) is 12.8 Å². The molecule has 1 saturated heterocycles. The molecule has 0 bridgehead atoms. The minimum atomic E-state index is -0.187. The van der Waals surface area contributed by atoms with Gasteiger partial charge >= 0.3 is 5.97 Å². The molecule has 0 aliphatic carbocycles. The average molecular weight is 371 g/mol. The summed E-state index contributed by atoms with van der Waals surface area (Å²) >= 11 is 5.94. The van der Waals surface area contributed by atoms with Gasteiger partial charge in [-0.05, 0) is 55.7 Å². The molecule has 2 aromatic carbocycles. The van der Waals surface area contributed by atoms with Crippen LogP contribution < -0.4 is 9.64 Å². The number of fused-ring (bicyclic) bond motifs is 1. The van der Waals surface area contributed by atoms with E-state index in [4.69, 9.17) is 20.8 Å². The van der Waals surface area contributed by atoms with Crippen molar-refractivity contribution < 1.29 is 13.9 Å². The second kappa shape index (κ2) is 7.00. The Balaban J connectivity index is 1.39. The van der Waals surface area contributed by atoms with E-state index in [-0.39, 0.29) is 11.9 Å². The van der Waals surface area contributed by atoms with Crippen molar-refractivity contribution in [1.29, 1.82) is 0 Å². The van der Waals surface area contributed by atoms with E-state index in [1.54, 1.807) is 18.2 Å². The van der Waals surface area contributed by atoms with Gasteiger partial charge in [-0.15, -0.1) is 0 Å². The number of anilines is 1. The van der Waals surface area contributed by atoms with Crippen LogP contribution in [0.5, 0.6) is 5.75 Å². The van der Waals surface area contributed by atoms with Crippen LogP contribution in [0.4, 0.5) is 6.01 Å². The lowest BCUT2D eigenvalue weighted by atomic mass is 9.97. The summed E-state index contributed by atoms with van der Waals surface area (Å²) in [6.07, 6.45) is 1.42. The van der Waals surface area contributed by atoms with Gasteiger partial charge in [-0.3, -0.25) is 4.79 Å². The van der Waals surface area contributed by atoms with Crippen molar-refractivity contribution in [3.8, 4) is 5.75 Å². The first-order valence-corrected chi connectivity index (χ1v) is 9.06. The molecule has 26 heavy (non-hydrogen) atoms. The number of oxazole rings is 1. The highest BCUT2D eigenvalue weighted by Crippen LogP contribution is 2.28. The molecule has 0 radical (unpaired) electrons. The maximum Gasteiger partial charge on any atom is 0.314 e. The van der Waals surface area contributed by atoms with Gasteiger partial charge in [0.25, 0.3) is 6.01 Å². The Morgan fingerprint density at radius 2 is 2.00 bits per heavy atom. The summed E-state index contributed by atoms with van der Waals surface area (Å²) in [4.78, 5) is 19.1. The van der Waals surface area contributed by atoms with Gasteiger partial charge < -0.3 is 14.1 Å². The number of carbonyl (C=O) groups is 1. The van der Waals surface area contributed by atoms with Gasteiger partial charge in [0.1, 0.15) is 11.3 Å². The van der Waals surface area contributed by atoms with E-state index in [1.165, 1.54) is 0 Å². The third-order valence-corrected chi connectivity index (χ3v) is 4.96. The largest absolute Gasteiger partial charge is 0.426 e. The van der Waals surface area contributed by atoms with Gasteiger partial charge in [0.15, 0.2) is 5.58 Å². The lowest BCUT2D eigenvalue weighted by Crippen LogP contribution is -2.37. The first-order chi connectivity index (χ1) is 12.6. The number of ether oxygens (including phenoxy) is 1. The Morgan fingerprint density at radius 1 is 1.23 bits per heavy atom. The molecule has 6 heteroatoms. The van der Waals surface area contributed by atoms with Crippen molar-refractivity contribution in [2.24, 2.45) is 5.92 Å². The predicted molar refractivity (Wildman–Crippen MR) is 101 cm³/mol. The lowest BCUT2D eigenvalue weighted by Gasteiger charge is -2.29. The minimum Gasteiger partial charge on any atom is -0.426 e. The molecule has 1 fully saturated rings. The average Bonchev–Trinajstić information content (AvgIpc) is 3.08. The molecule has 134 valence electrons. The fourth-order valence-corrected chi connectivity index (χ4v) is 3.45. The predicted octanol–water partition coefficient (Wildman–Crippen LogP) is 4.61. The first kappa shape index (κ1) is 16.9. The van der Waals surface area contributed by atoms with E-state index >= 15 is 0 Å². The number of aromatic nitrogens is 1. The molecular formula is C20H19ClN2O3. The van der Waals surface area contributed by atoms with Crippen molar-refractivity contribution >= 4 is 34.7 Å². The molecule has 0 spiro atoms. The third-order valence-electron chi connectivity index (χ3n) is 4.73. The van der Waals surface area contributed by atoms with Gasteiger partial charge in [0.2, 0.25) is 0 Å². The fourth-order valence-electron chi connectivity index (χ4n) is 3.22. The van der Waals surface area contributed by atoms with E-state index < -0.39 is 0 Å². The molecule has 3 aromatic rings. The smallest absolute Gasteiger partial charge is 0.314 e. The van der Waals surface area contributed by atoms with E-state index in [0.717, 1.165) is 16.7 Å². The quantitative estimate of drug-likeness (QED) is 0.497. The van der Waals surface area contributed by atoms with Gasteiger partial charge in [-0.1, -0.05) is 23.7 Å². The molecule has 1 aliphatic rings. The molecule has 2 heterocycles. The van der Waals surface area contributed by atoms with Crippen molar-refractivity contribution in [3.63, 3.8) is 0 Å². The van der Waals surface area contributed by atoms with E-state index in [0.29, 0.717) is 42.7 Å². The van der Waals surface area contributed by atoms with Gasteiger partial charge in [-0.25, -0.2) is 0 Å². The van der Waals surface area contributed by atoms with Crippen molar-refractivity contribution in [3.05, 3.63) is 53.1 Å². The molecule has 0 amide bonds. The zero-order valence-electron chi connectivity index (χ0n) is 14.4. The highest BCUT2D eigenvalue weighted by Gasteiger charge is 2.28. The van der Waals surface area contributed by atoms with Crippen LogP contribution in [0.1, 0.15) is 18.4 Å². The Kier molecular flexibility index (Phi) is 4.55. The highest BCUT2D eigenvalue weighted by molar-refractivity contribution is 6.30. The SMILES string of the molecule is Cc1cc(Cl)ccc1OC(=O)C1CCN(c2nc3ccccc3o2)CC1. The number of hydrogen-bond donors (Lipinski definition) is 0. The summed E-state index contributed by atoms with van der Waals surface area (Å²) in [5.74, 6) is 0.263. The summed E-state index contributed by atoms with van der Waals surface area (Å²) in [5, 5.41) is 0.633. The van der Waals surface area contributed by atoms with Crippen LogP contribution in [-0.4, -0.2) is 24.0 Å². The second-order valence-corrected chi connectivity index (χ2v) is 6.99. The number of benzene rings is 2. The zero-order valence-corrected chi connectivity index (χ0v) is 15.2. The summed E-state index contributed by atoms with van der Waals surface area (Å²) in [5.41, 5.74) is 2.49. The van der Waals surface area contributed by atoms with E-state index in [9.17, 15) is 4.79 Å². The van der Waals surface area contributed by atoms with Crippen LogP contribution >= 0.6 is 11.6 Å². The highest BCUT2D eigenvalue weighted by atomic mass is 35.5. The van der Waals surface area contributed by atoms with Gasteiger partial charge in [0.05, 0.1) is 5.92 Å². The zero-order chi connectivity index (χ0) is 18.1. The normalized spacial score (nSPS) is 15.4. The second-order valence-electron chi connectivity index (χ2n) is 6.56. The van der Waals surface area contributed by atoms with Crippen LogP contribution in [0.2, 0.25) is 5.02 Å². The van der Waals surface area contributed by atoms with Crippen molar-refractivity contribution in [2.45, 2.75) is 19.8 Å². The minimum absolute atomic E-state index is 0.120. The lowest BCUT2D eigenvalue weighted by molar-refractivity contribution is -0.139. The molecule has 1 aliphatic heterocycles. The number of aryl methyl sites for hydroxylation is 1. The topological polar surface area (TPSA) is 55.6 Å². The van der Waals surface area contributed by atoms with Crippen molar-refractivity contribution in [2.75, 3.05) is 18.0 Å². The summed E-state index contributed by atoms with van der Waals surface area (Å²) < 4.78 is 11.4. The number of para-hydroxylation sites is 2. The number of rotatable bonds is 3. The standard InChI is InChI=1S/C20H19ClN2O3/c1-13-12-15(21)6-7-17(13)25-19(24)14-8-10-23(11-9-14)20-22-16-4-2-3-5-18(16)26-20/h2-7,12,14H,8-11H2,1H3. The Labute approximate surface area is 156 Å². The number of carbonyl (C=O) groups excluding carboxylic acids is 1.